The van der Waals surface area contributed by atoms with Crippen LogP contribution in [-0.2, 0) is 4.74 Å². The van der Waals surface area contributed by atoms with Crippen LogP contribution in [-0.4, -0.2) is 42.9 Å². The number of ether oxygens (including phenoxy) is 1. The zero-order valence-corrected chi connectivity index (χ0v) is 12.5. The Balaban J connectivity index is 1.84. The Morgan fingerprint density at radius 2 is 2.09 bits per heavy atom. The number of nitrogens with one attached hydrogen (secondary N) is 1. The average Bonchev–Trinajstić information content (AvgIpc) is 2.55. The van der Waals surface area contributed by atoms with Crippen LogP contribution in [0, 0.1) is 15.5 Å². The maximum Gasteiger partial charge on any atom is 0.276 e. The van der Waals surface area contributed by atoms with E-state index in [0.29, 0.717) is 31.9 Å². The molecular weight excluding hydrogens is 284 g/mol. The minimum Gasteiger partial charge on any atom is -0.396 e. The van der Waals surface area contributed by atoms with Crippen LogP contribution in [0.1, 0.15) is 18.4 Å². The van der Waals surface area contributed by atoms with E-state index in [1.807, 2.05) is 6.08 Å². The van der Waals surface area contributed by atoms with Crippen LogP contribution in [0.15, 0.2) is 30.3 Å². The van der Waals surface area contributed by atoms with Crippen LogP contribution in [0.4, 0.5) is 5.69 Å². The molecule has 0 aliphatic carbocycles. The van der Waals surface area contributed by atoms with Gasteiger partial charge in [-0.2, -0.15) is 0 Å². The summed E-state index contributed by atoms with van der Waals surface area (Å²) < 4.78 is 5.33. The molecule has 22 heavy (non-hydrogen) atoms. The molecule has 0 atom stereocenters. The molecule has 0 bridgehead atoms. The first-order chi connectivity index (χ1) is 10.7. The molecule has 2 rings (SSSR count). The van der Waals surface area contributed by atoms with Crippen molar-refractivity contribution in [3.63, 3.8) is 0 Å². The van der Waals surface area contributed by atoms with E-state index >= 15 is 0 Å². The van der Waals surface area contributed by atoms with Gasteiger partial charge in [0.05, 0.1) is 17.1 Å². The number of benzene rings is 1. The van der Waals surface area contributed by atoms with Gasteiger partial charge in [0, 0.05) is 37.8 Å². The topological polar surface area (TPSA) is 84.6 Å². The summed E-state index contributed by atoms with van der Waals surface area (Å²) in [5, 5.41) is 23.8. The number of rotatable bonds is 7. The first-order valence-corrected chi connectivity index (χ1v) is 7.46. The number of nitro groups is 1. The second kappa shape index (κ2) is 8.03. The molecule has 0 radical (unpaired) electrons. The van der Waals surface area contributed by atoms with Crippen LogP contribution < -0.4 is 5.32 Å². The molecule has 0 amide bonds. The summed E-state index contributed by atoms with van der Waals surface area (Å²) in [6, 6.07) is 6.66. The van der Waals surface area contributed by atoms with E-state index in [0.717, 1.165) is 12.8 Å². The standard InChI is InChI=1S/C16H22N2O4/c19-13-16(7-10-22-11-8-16)12-17-9-3-5-14-4-1-2-6-15(14)18(20)21/h1-6,17,19H,7-13H2/b5-3+. The van der Waals surface area contributed by atoms with E-state index in [2.05, 4.69) is 5.32 Å². The van der Waals surface area contributed by atoms with Gasteiger partial charge < -0.3 is 15.2 Å². The minimum absolute atomic E-state index is 0.106. The van der Waals surface area contributed by atoms with Crippen molar-refractivity contribution in [2.75, 3.05) is 32.9 Å². The molecular formula is C16H22N2O4. The van der Waals surface area contributed by atoms with E-state index in [9.17, 15) is 15.2 Å². The Labute approximate surface area is 129 Å². The molecule has 120 valence electrons. The summed E-state index contributed by atoms with van der Waals surface area (Å²) >= 11 is 0. The van der Waals surface area contributed by atoms with Crippen molar-refractivity contribution in [3.05, 3.63) is 46.0 Å². The first-order valence-electron chi connectivity index (χ1n) is 7.46. The van der Waals surface area contributed by atoms with Gasteiger partial charge in [-0.05, 0) is 18.9 Å². The van der Waals surface area contributed by atoms with Crippen LogP contribution in [0.25, 0.3) is 6.08 Å². The van der Waals surface area contributed by atoms with Gasteiger partial charge in [-0.1, -0.05) is 24.3 Å². The predicted molar refractivity (Wildman–Crippen MR) is 84.6 cm³/mol. The zero-order valence-electron chi connectivity index (χ0n) is 12.5. The predicted octanol–water partition coefficient (Wildman–Crippen LogP) is 1.99. The van der Waals surface area contributed by atoms with Crippen molar-refractivity contribution >= 4 is 11.8 Å². The smallest absolute Gasteiger partial charge is 0.276 e. The van der Waals surface area contributed by atoms with Gasteiger partial charge in [0.15, 0.2) is 0 Å². The van der Waals surface area contributed by atoms with Crippen LogP contribution in [0.5, 0.6) is 0 Å². The third-order valence-corrected chi connectivity index (χ3v) is 4.08. The van der Waals surface area contributed by atoms with Gasteiger partial charge >= 0.3 is 0 Å². The molecule has 2 N–H and O–H groups in total. The van der Waals surface area contributed by atoms with Crippen molar-refractivity contribution in [2.45, 2.75) is 12.8 Å². The summed E-state index contributed by atoms with van der Waals surface area (Å²) in [6.45, 7) is 2.85. The fraction of sp³-hybridized carbons (Fsp3) is 0.500. The van der Waals surface area contributed by atoms with Gasteiger partial charge in [-0.15, -0.1) is 0 Å². The van der Waals surface area contributed by atoms with E-state index < -0.39 is 0 Å². The zero-order chi connectivity index (χ0) is 15.8. The van der Waals surface area contributed by atoms with Crippen LogP contribution in [0.3, 0.4) is 0 Å². The molecule has 1 aromatic carbocycles. The fourth-order valence-electron chi connectivity index (χ4n) is 2.60. The highest BCUT2D eigenvalue weighted by molar-refractivity contribution is 5.60. The first kappa shape index (κ1) is 16.6. The summed E-state index contributed by atoms with van der Waals surface area (Å²) in [5.41, 5.74) is 0.595. The Morgan fingerprint density at radius 1 is 1.36 bits per heavy atom. The monoisotopic (exact) mass is 306 g/mol. The SMILES string of the molecule is O=[N+]([O-])c1ccccc1/C=C/CNCC1(CO)CCOCC1. The summed E-state index contributed by atoms with van der Waals surface area (Å²) in [6.07, 6.45) is 5.32. The molecule has 1 aliphatic rings. The quantitative estimate of drug-likeness (QED) is 0.457. The summed E-state index contributed by atoms with van der Waals surface area (Å²) in [5.74, 6) is 0. The van der Waals surface area contributed by atoms with Crippen LogP contribution >= 0.6 is 0 Å². The molecule has 0 saturated carbocycles. The molecule has 0 spiro atoms. The molecule has 1 saturated heterocycles. The molecule has 0 aromatic heterocycles. The summed E-state index contributed by atoms with van der Waals surface area (Å²) in [4.78, 5) is 10.5. The molecule has 1 aliphatic heterocycles. The lowest BCUT2D eigenvalue weighted by Gasteiger charge is -2.35. The van der Waals surface area contributed by atoms with Gasteiger partial charge in [0.2, 0.25) is 0 Å². The lowest BCUT2D eigenvalue weighted by atomic mass is 9.81. The van der Waals surface area contributed by atoms with Gasteiger partial charge in [0.1, 0.15) is 0 Å². The number of para-hydroxylation sites is 1. The number of nitrogens with zero attached hydrogens (tertiary/aromatic N) is 1. The van der Waals surface area contributed by atoms with Gasteiger partial charge in [0.25, 0.3) is 5.69 Å². The maximum absolute atomic E-state index is 10.9. The normalized spacial score (nSPS) is 17.7. The lowest BCUT2D eigenvalue weighted by molar-refractivity contribution is -0.385. The van der Waals surface area contributed by atoms with Crippen LogP contribution in [0.2, 0.25) is 0 Å². The highest BCUT2D eigenvalue weighted by Crippen LogP contribution is 2.28. The Morgan fingerprint density at radius 3 is 2.77 bits per heavy atom. The molecule has 0 unspecified atom stereocenters. The second-order valence-corrected chi connectivity index (χ2v) is 5.62. The third-order valence-electron chi connectivity index (χ3n) is 4.08. The fourth-order valence-corrected chi connectivity index (χ4v) is 2.60. The number of nitro benzene ring substituents is 1. The van der Waals surface area contributed by atoms with Crippen molar-refractivity contribution in [2.24, 2.45) is 5.41 Å². The number of aliphatic hydroxyl groups is 1. The highest BCUT2D eigenvalue weighted by atomic mass is 16.6. The number of aliphatic hydroxyl groups excluding tert-OH is 1. The van der Waals surface area contributed by atoms with Crippen molar-refractivity contribution in [1.82, 2.24) is 5.32 Å². The van der Waals surface area contributed by atoms with E-state index in [-0.39, 0.29) is 22.6 Å². The van der Waals surface area contributed by atoms with Crippen molar-refractivity contribution in [1.29, 1.82) is 0 Å². The van der Waals surface area contributed by atoms with Crippen molar-refractivity contribution in [3.8, 4) is 0 Å². The third kappa shape index (κ3) is 4.37. The highest BCUT2D eigenvalue weighted by Gasteiger charge is 2.31. The maximum atomic E-state index is 10.9. The number of hydrogen-bond donors (Lipinski definition) is 2. The van der Waals surface area contributed by atoms with Gasteiger partial charge in [-0.25, -0.2) is 0 Å². The van der Waals surface area contributed by atoms with E-state index in [1.165, 1.54) is 6.07 Å². The molecule has 1 fully saturated rings. The second-order valence-electron chi connectivity index (χ2n) is 5.62. The van der Waals surface area contributed by atoms with Crippen molar-refractivity contribution < 1.29 is 14.8 Å². The lowest BCUT2D eigenvalue weighted by Crippen LogP contribution is -2.41. The number of hydrogen-bond acceptors (Lipinski definition) is 5. The minimum atomic E-state index is -0.379. The Bertz CT molecular complexity index is 525. The van der Waals surface area contributed by atoms with Gasteiger partial charge in [-0.3, -0.25) is 10.1 Å². The Hall–Kier alpha value is -1.76. The van der Waals surface area contributed by atoms with E-state index in [1.54, 1.807) is 24.3 Å². The molecule has 6 heteroatoms. The average molecular weight is 306 g/mol. The summed E-state index contributed by atoms with van der Waals surface area (Å²) in [7, 11) is 0. The van der Waals surface area contributed by atoms with E-state index in [4.69, 9.17) is 4.74 Å². The largest absolute Gasteiger partial charge is 0.396 e. The molecule has 1 heterocycles. The Kier molecular flexibility index (Phi) is 6.06. The molecule has 6 nitrogen and oxygen atoms in total. The molecule has 1 aromatic rings.